The van der Waals surface area contributed by atoms with Crippen LogP contribution < -0.4 is 4.74 Å². The summed E-state index contributed by atoms with van der Waals surface area (Å²) in [5.41, 5.74) is 1.24. The van der Waals surface area contributed by atoms with Gasteiger partial charge in [-0.15, -0.1) is 0 Å². The van der Waals surface area contributed by atoms with Gasteiger partial charge in [-0.2, -0.15) is 8.42 Å². The second-order valence-corrected chi connectivity index (χ2v) is 8.10. The predicted octanol–water partition coefficient (Wildman–Crippen LogP) is 3.11. The van der Waals surface area contributed by atoms with Crippen LogP contribution in [0.5, 0.6) is 5.75 Å². The molecule has 2 aromatic rings. The monoisotopic (exact) mass is 375 g/mol. The summed E-state index contributed by atoms with van der Waals surface area (Å²) in [6, 6.07) is 16.5. The summed E-state index contributed by atoms with van der Waals surface area (Å²) in [6.07, 6.45) is 2.96. The van der Waals surface area contributed by atoms with Gasteiger partial charge in [0.25, 0.3) is 10.1 Å². The fraction of sp³-hybridized carbons (Fsp3) is 0.400. The van der Waals surface area contributed by atoms with E-state index >= 15 is 0 Å². The predicted molar refractivity (Wildman–Crippen MR) is 101 cm³/mol. The van der Waals surface area contributed by atoms with Gasteiger partial charge in [-0.1, -0.05) is 30.3 Å². The Labute approximate surface area is 155 Å². The Balaban J connectivity index is 1.53. The third kappa shape index (κ3) is 4.84. The summed E-state index contributed by atoms with van der Waals surface area (Å²) < 4.78 is 35.1. The van der Waals surface area contributed by atoms with Crippen LogP contribution in [0.3, 0.4) is 0 Å². The van der Waals surface area contributed by atoms with Crippen molar-refractivity contribution in [1.82, 2.24) is 4.90 Å². The molecule has 26 heavy (non-hydrogen) atoms. The highest BCUT2D eigenvalue weighted by atomic mass is 32.2. The van der Waals surface area contributed by atoms with Crippen molar-refractivity contribution in [2.75, 3.05) is 26.8 Å². The topological polar surface area (TPSA) is 55.8 Å². The van der Waals surface area contributed by atoms with Crippen molar-refractivity contribution in [2.45, 2.75) is 30.2 Å². The van der Waals surface area contributed by atoms with Gasteiger partial charge in [-0.3, -0.25) is 9.08 Å². The van der Waals surface area contributed by atoms with Crippen LogP contribution >= 0.6 is 0 Å². The zero-order valence-electron chi connectivity index (χ0n) is 15.0. The van der Waals surface area contributed by atoms with Crippen LogP contribution in [0.15, 0.2) is 59.5 Å². The van der Waals surface area contributed by atoms with Crippen molar-refractivity contribution in [3.05, 3.63) is 60.2 Å². The van der Waals surface area contributed by atoms with Gasteiger partial charge < -0.3 is 4.74 Å². The van der Waals surface area contributed by atoms with Crippen molar-refractivity contribution in [3.63, 3.8) is 0 Å². The molecule has 0 amide bonds. The van der Waals surface area contributed by atoms with Gasteiger partial charge in [0.2, 0.25) is 0 Å². The molecule has 6 heteroatoms. The maximum Gasteiger partial charge on any atom is 0.297 e. The first kappa shape index (κ1) is 18.9. The minimum Gasteiger partial charge on any atom is -0.497 e. The highest BCUT2D eigenvalue weighted by molar-refractivity contribution is 7.86. The summed E-state index contributed by atoms with van der Waals surface area (Å²) >= 11 is 0. The Morgan fingerprint density at radius 3 is 2.50 bits per heavy atom. The number of hydrogen-bond acceptors (Lipinski definition) is 5. The number of benzene rings is 2. The Morgan fingerprint density at radius 2 is 1.81 bits per heavy atom. The van der Waals surface area contributed by atoms with E-state index in [0.29, 0.717) is 0 Å². The molecule has 0 N–H and O–H groups in total. The third-order valence-corrected chi connectivity index (χ3v) is 6.09. The first-order chi connectivity index (χ1) is 12.6. The molecular weight excluding hydrogens is 350 g/mol. The van der Waals surface area contributed by atoms with Crippen LogP contribution in [-0.4, -0.2) is 46.2 Å². The van der Waals surface area contributed by atoms with E-state index in [1.807, 2.05) is 12.1 Å². The summed E-state index contributed by atoms with van der Waals surface area (Å²) in [5.74, 6) is 0.854. The molecule has 2 aromatic carbocycles. The van der Waals surface area contributed by atoms with Gasteiger partial charge in [-0.25, -0.2) is 0 Å². The summed E-state index contributed by atoms with van der Waals surface area (Å²) in [7, 11) is -2.03. The molecule has 1 aliphatic rings. The van der Waals surface area contributed by atoms with E-state index in [9.17, 15) is 8.42 Å². The van der Waals surface area contributed by atoms with E-state index in [1.54, 1.807) is 37.4 Å². The molecule has 0 bridgehead atoms. The van der Waals surface area contributed by atoms with Crippen molar-refractivity contribution < 1.29 is 17.3 Å². The van der Waals surface area contributed by atoms with Gasteiger partial charge in [-0.05, 0) is 55.6 Å². The van der Waals surface area contributed by atoms with Crippen LogP contribution in [0.2, 0.25) is 0 Å². The van der Waals surface area contributed by atoms with Crippen molar-refractivity contribution in [3.8, 4) is 5.75 Å². The van der Waals surface area contributed by atoms with Gasteiger partial charge in [0.05, 0.1) is 18.6 Å². The Hall–Kier alpha value is -1.89. The fourth-order valence-corrected chi connectivity index (χ4v) is 4.23. The molecule has 1 atom stereocenters. The number of nitrogens with zero attached hydrogens (tertiary/aromatic N) is 1. The minimum absolute atomic E-state index is 0.145. The van der Waals surface area contributed by atoms with Crippen LogP contribution in [0.25, 0.3) is 0 Å². The number of hydrogen-bond donors (Lipinski definition) is 0. The molecule has 0 saturated carbocycles. The maximum atomic E-state index is 12.3. The third-order valence-electron chi connectivity index (χ3n) is 4.79. The lowest BCUT2D eigenvalue weighted by Crippen LogP contribution is -2.35. The van der Waals surface area contributed by atoms with E-state index in [1.165, 1.54) is 5.56 Å². The van der Waals surface area contributed by atoms with E-state index in [-0.39, 0.29) is 17.5 Å². The average molecular weight is 375 g/mol. The molecule has 1 unspecified atom stereocenters. The zero-order valence-corrected chi connectivity index (χ0v) is 15.8. The molecule has 0 aliphatic carbocycles. The summed E-state index contributed by atoms with van der Waals surface area (Å²) in [5, 5.41) is 0. The first-order valence-corrected chi connectivity index (χ1v) is 10.3. The summed E-state index contributed by atoms with van der Waals surface area (Å²) in [4.78, 5) is 2.54. The second kappa shape index (κ2) is 8.66. The minimum atomic E-state index is -3.69. The normalized spacial score (nSPS) is 18.1. The van der Waals surface area contributed by atoms with Gasteiger partial charge >= 0.3 is 0 Å². The van der Waals surface area contributed by atoms with Crippen LogP contribution in [-0.2, 0) is 20.7 Å². The number of ether oxygens (including phenoxy) is 1. The second-order valence-electron chi connectivity index (χ2n) is 6.48. The molecular formula is C20H25NO4S. The number of rotatable bonds is 8. The quantitative estimate of drug-likeness (QED) is 0.664. The van der Waals surface area contributed by atoms with Crippen molar-refractivity contribution >= 4 is 10.1 Å². The van der Waals surface area contributed by atoms with Crippen molar-refractivity contribution in [1.29, 1.82) is 0 Å². The Morgan fingerprint density at radius 1 is 1.08 bits per heavy atom. The molecule has 0 radical (unpaired) electrons. The summed E-state index contributed by atoms with van der Waals surface area (Å²) in [6.45, 7) is 2.08. The molecule has 3 rings (SSSR count). The number of likely N-dealkylation sites (tertiary alicyclic amines) is 1. The maximum absolute atomic E-state index is 12.3. The highest BCUT2D eigenvalue weighted by Crippen LogP contribution is 2.21. The van der Waals surface area contributed by atoms with E-state index in [0.717, 1.165) is 38.1 Å². The average Bonchev–Trinajstić information content (AvgIpc) is 3.13. The van der Waals surface area contributed by atoms with Gasteiger partial charge in [0, 0.05) is 12.6 Å². The SMILES string of the molecule is COc1ccc(CCN2CCCC2COS(=O)(=O)c2ccccc2)cc1. The zero-order chi connectivity index (χ0) is 18.4. The lowest BCUT2D eigenvalue weighted by atomic mass is 10.1. The molecule has 0 spiro atoms. The van der Waals surface area contributed by atoms with Crippen LogP contribution in [0.1, 0.15) is 18.4 Å². The van der Waals surface area contributed by atoms with Crippen LogP contribution in [0, 0.1) is 0 Å². The molecule has 0 aromatic heterocycles. The van der Waals surface area contributed by atoms with Gasteiger partial charge in [0.15, 0.2) is 0 Å². The standard InChI is InChI=1S/C20H25NO4S/c1-24-19-11-9-17(10-12-19)13-15-21-14-5-6-18(21)16-25-26(22,23)20-7-3-2-4-8-20/h2-4,7-12,18H,5-6,13-16H2,1H3. The molecule has 1 aliphatic heterocycles. The lowest BCUT2D eigenvalue weighted by molar-refractivity contribution is 0.178. The van der Waals surface area contributed by atoms with E-state index < -0.39 is 10.1 Å². The molecule has 140 valence electrons. The molecule has 1 saturated heterocycles. The fourth-order valence-electron chi connectivity index (χ4n) is 3.27. The molecule has 1 heterocycles. The molecule has 1 fully saturated rings. The van der Waals surface area contributed by atoms with Gasteiger partial charge in [0.1, 0.15) is 5.75 Å². The molecule has 5 nitrogen and oxygen atoms in total. The smallest absolute Gasteiger partial charge is 0.297 e. The Kier molecular flexibility index (Phi) is 6.29. The van der Waals surface area contributed by atoms with E-state index in [2.05, 4.69) is 17.0 Å². The first-order valence-electron chi connectivity index (χ1n) is 8.90. The van der Waals surface area contributed by atoms with E-state index in [4.69, 9.17) is 8.92 Å². The lowest BCUT2D eigenvalue weighted by Gasteiger charge is -2.24. The Bertz CT molecular complexity index is 790. The van der Waals surface area contributed by atoms with Crippen LogP contribution in [0.4, 0.5) is 0 Å². The van der Waals surface area contributed by atoms with Crippen molar-refractivity contribution in [2.24, 2.45) is 0 Å². The highest BCUT2D eigenvalue weighted by Gasteiger charge is 2.27. The number of methoxy groups -OCH3 is 1. The largest absolute Gasteiger partial charge is 0.497 e.